The van der Waals surface area contributed by atoms with Gasteiger partial charge in [0.15, 0.2) is 0 Å². The fraction of sp³-hybridized carbons (Fsp3) is 0.455. The lowest BCUT2D eigenvalue weighted by atomic mass is 10.2. The Labute approximate surface area is 104 Å². The van der Waals surface area contributed by atoms with Crippen LogP contribution in [0.3, 0.4) is 0 Å². The number of hydrogen-bond donors (Lipinski definition) is 3. The third-order valence-electron chi connectivity index (χ3n) is 2.08. The van der Waals surface area contributed by atoms with Crippen LogP contribution in [-0.2, 0) is 4.79 Å². The Balaban J connectivity index is 2.08. The molecule has 17 heavy (non-hydrogen) atoms. The van der Waals surface area contributed by atoms with E-state index in [9.17, 15) is 9.59 Å². The number of rotatable bonds is 7. The van der Waals surface area contributed by atoms with Gasteiger partial charge in [0, 0.05) is 30.5 Å². The van der Waals surface area contributed by atoms with E-state index in [2.05, 4.69) is 10.6 Å². The summed E-state index contributed by atoms with van der Waals surface area (Å²) in [5.41, 5.74) is 0.653. The largest absolute Gasteiger partial charge is 0.395 e. The molecule has 1 heterocycles. The van der Waals surface area contributed by atoms with Crippen molar-refractivity contribution < 1.29 is 14.7 Å². The minimum absolute atomic E-state index is 0.0549. The van der Waals surface area contributed by atoms with Crippen molar-refractivity contribution in [2.24, 2.45) is 0 Å². The van der Waals surface area contributed by atoms with Gasteiger partial charge in [-0.25, -0.2) is 0 Å². The van der Waals surface area contributed by atoms with Crippen molar-refractivity contribution >= 4 is 23.2 Å². The number of aliphatic hydroxyl groups excluding tert-OH is 1. The van der Waals surface area contributed by atoms with Crippen LogP contribution in [0, 0.1) is 0 Å². The van der Waals surface area contributed by atoms with Gasteiger partial charge < -0.3 is 15.7 Å². The second kappa shape index (κ2) is 7.81. The summed E-state index contributed by atoms with van der Waals surface area (Å²) in [6, 6.07) is 1.76. The number of aliphatic hydroxyl groups is 1. The van der Waals surface area contributed by atoms with Gasteiger partial charge in [-0.15, -0.1) is 0 Å². The Morgan fingerprint density at radius 1 is 1.29 bits per heavy atom. The van der Waals surface area contributed by atoms with Crippen molar-refractivity contribution in [1.82, 2.24) is 10.6 Å². The fourth-order valence-electron chi connectivity index (χ4n) is 1.23. The maximum atomic E-state index is 11.5. The lowest BCUT2D eigenvalue weighted by molar-refractivity contribution is -0.121. The maximum absolute atomic E-state index is 11.5. The van der Waals surface area contributed by atoms with Crippen molar-refractivity contribution in [3.63, 3.8) is 0 Å². The van der Waals surface area contributed by atoms with Gasteiger partial charge in [-0.05, 0) is 17.9 Å². The van der Waals surface area contributed by atoms with E-state index in [1.54, 1.807) is 11.4 Å². The van der Waals surface area contributed by atoms with Gasteiger partial charge in [-0.2, -0.15) is 11.3 Å². The molecule has 0 spiro atoms. The van der Waals surface area contributed by atoms with Crippen molar-refractivity contribution in [2.75, 3.05) is 19.7 Å². The average Bonchev–Trinajstić information content (AvgIpc) is 2.85. The Hall–Kier alpha value is -1.40. The number of carbonyl (C=O) groups is 2. The average molecular weight is 256 g/mol. The predicted octanol–water partition coefficient (Wildman–Crippen LogP) is 0.367. The van der Waals surface area contributed by atoms with Crippen LogP contribution in [0.1, 0.15) is 23.2 Å². The minimum Gasteiger partial charge on any atom is -0.395 e. The summed E-state index contributed by atoms with van der Waals surface area (Å²) in [4.78, 5) is 22.6. The van der Waals surface area contributed by atoms with E-state index < -0.39 is 0 Å². The highest BCUT2D eigenvalue weighted by atomic mass is 32.1. The predicted molar refractivity (Wildman–Crippen MR) is 66.0 cm³/mol. The number of hydrogen-bond acceptors (Lipinski definition) is 4. The van der Waals surface area contributed by atoms with Crippen molar-refractivity contribution in [2.45, 2.75) is 12.8 Å². The first kappa shape index (κ1) is 13.7. The third-order valence-corrected chi connectivity index (χ3v) is 2.77. The molecule has 94 valence electrons. The molecule has 0 aliphatic carbocycles. The molecule has 5 nitrogen and oxygen atoms in total. The van der Waals surface area contributed by atoms with Crippen LogP contribution in [0.25, 0.3) is 0 Å². The van der Waals surface area contributed by atoms with Gasteiger partial charge in [0.25, 0.3) is 5.91 Å². The number of carbonyl (C=O) groups excluding carboxylic acids is 2. The van der Waals surface area contributed by atoms with E-state index in [1.165, 1.54) is 11.3 Å². The molecular formula is C11H16N2O3S. The number of amides is 2. The van der Waals surface area contributed by atoms with Crippen molar-refractivity contribution in [3.8, 4) is 0 Å². The summed E-state index contributed by atoms with van der Waals surface area (Å²) in [5.74, 6) is -0.217. The molecule has 6 heteroatoms. The molecule has 0 unspecified atom stereocenters. The molecule has 1 aromatic rings. The van der Waals surface area contributed by atoms with Crippen LogP contribution in [-0.4, -0.2) is 36.6 Å². The van der Waals surface area contributed by atoms with Crippen LogP contribution in [0.15, 0.2) is 16.8 Å². The molecule has 1 rings (SSSR count). The molecule has 0 aliphatic rings. The third kappa shape index (κ3) is 5.46. The Morgan fingerprint density at radius 3 is 2.76 bits per heavy atom. The minimum atomic E-state index is -0.109. The second-order valence-electron chi connectivity index (χ2n) is 3.45. The molecule has 0 atom stereocenters. The molecule has 0 bridgehead atoms. The molecule has 1 aromatic heterocycles. The van der Waals surface area contributed by atoms with Crippen molar-refractivity contribution in [1.29, 1.82) is 0 Å². The van der Waals surface area contributed by atoms with E-state index in [0.717, 1.165) is 0 Å². The quantitative estimate of drug-likeness (QED) is 0.617. The first-order valence-electron chi connectivity index (χ1n) is 5.42. The summed E-state index contributed by atoms with van der Waals surface area (Å²) in [5, 5.41) is 17.4. The van der Waals surface area contributed by atoms with Crippen LogP contribution in [0.2, 0.25) is 0 Å². The molecule has 0 saturated carbocycles. The van der Waals surface area contributed by atoms with E-state index in [0.29, 0.717) is 24.9 Å². The zero-order valence-electron chi connectivity index (χ0n) is 9.44. The first-order chi connectivity index (χ1) is 8.24. The Bertz CT molecular complexity index is 352. The number of nitrogens with one attached hydrogen (secondary N) is 2. The van der Waals surface area contributed by atoms with Gasteiger partial charge in [0.2, 0.25) is 5.91 Å². The van der Waals surface area contributed by atoms with Crippen LogP contribution >= 0.6 is 11.3 Å². The summed E-state index contributed by atoms with van der Waals surface area (Å²) < 4.78 is 0. The lowest BCUT2D eigenvalue weighted by Gasteiger charge is -2.04. The molecule has 0 saturated heterocycles. The first-order valence-corrected chi connectivity index (χ1v) is 6.36. The molecule has 0 fully saturated rings. The molecular weight excluding hydrogens is 240 g/mol. The lowest BCUT2D eigenvalue weighted by Crippen LogP contribution is -2.28. The van der Waals surface area contributed by atoms with Gasteiger partial charge in [0.05, 0.1) is 6.61 Å². The molecule has 0 aliphatic heterocycles. The summed E-state index contributed by atoms with van der Waals surface area (Å²) in [7, 11) is 0. The van der Waals surface area contributed by atoms with Crippen molar-refractivity contribution in [3.05, 3.63) is 22.4 Å². The van der Waals surface area contributed by atoms with Crippen LogP contribution in [0.4, 0.5) is 0 Å². The number of thiophene rings is 1. The maximum Gasteiger partial charge on any atom is 0.252 e. The van der Waals surface area contributed by atoms with Gasteiger partial charge in [0.1, 0.15) is 0 Å². The molecule has 2 amide bonds. The van der Waals surface area contributed by atoms with Crippen LogP contribution < -0.4 is 10.6 Å². The van der Waals surface area contributed by atoms with E-state index in [1.807, 2.05) is 5.38 Å². The van der Waals surface area contributed by atoms with E-state index >= 15 is 0 Å². The Kier molecular flexibility index (Phi) is 6.27. The fourth-order valence-corrected chi connectivity index (χ4v) is 1.87. The molecule has 3 N–H and O–H groups in total. The SMILES string of the molecule is O=C(CCCNC(=O)c1ccsc1)NCCO. The molecule has 0 radical (unpaired) electrons. The second-order valence-corrected chi connectivity index (χ2v) is 4.23. The van der Waals surface area contributed by atoms with Gasteiger partial charge in [-0.3, -0.25) is 9.59 Å². The van der Waals surface area contributed by atoms with Gasteiger partial charge in [-0.1, -0.05) is 0 Å². The highest BCUT2D eigenvalue weighted by Crippen LogP contribution is 2.05. The summed E-state index contributed by atoms with van der Waals surface area (Å²) in [6.45, 7) is 0.696. The smallest absolute Gasteiger partial charge is 0.252 e. The monoisotopic (exact) mass is 256 g/mol. The standard InChI is InChI=1S/C11H16N2O3S/c14-6-5-12-10(15)2-1-4-13-11(16)9-3-7-17-8-9/h3,7-8,14H,1-2,4-6H2,(H,12,15)(H,13,16). The van der Waals surface area contributed by atoms with E-state index in [4.69, 9.17) is 5.11 Å². The zero-order valence-corrected chi connectivity index (χ0v) is 10.3. The van der Waals surface area contributed by atoms with E-state index in [-0.39, 0.29) is 25.0 Å². The highest BCUT2D eigenvalue weighted by Gasteiger charge is 2.05. The normalized spacial score (nSPS) is 9.94. The molecule has 0 aromatic carbocycles. The highest BCUT2D eigenvalue weighted by molar-refractivity contribution is 7.08. The summed E-state index contributed by atoms with van der Waals surface area (Å²) >= 11 is 1.47. The topological polar surface area (TPSA) is 78.4 Å². The van der Waals surface area contributed by atoms with Gasteiger partial charge >= 0.3 is 0 Å². The Morgan fingerprint density at radius 2 is 2.12 bits per heavy atom. The zero-order chi connectivity index (χ0) is 12.5. The summed E-state index contributed by atoms with van der Waals surface area (Å²) in [6.07, 6.45) is 0.942. The van der Waals surface area contributed by atoms with Crippen LogP contribution in [0.5, 0.6) is 0 Å².